The second kappa shape index (κ2) is 10.8. The van der Waals surface area contributed by atoms with Crippen molar-refractivity contribution in [2.45, 2.75) is 71.1 Å². The number of carbonyl (C=O) groups is 1. The van der Waals surface area contributed by atoms with Crippen LogP contribution >= 0.6 is 0 Å². The number of amides is 1. The van der Waals surface area contributed by atoms with Crippen molar-refractivity contribution in [2.75, 3.05) is 16.3 Å². The molecule has 15 heteroatoms. The lowest BCUT2D eigenvalue weighted by Gasteiger charge is -2.33. The first-order chi connectivity index (χ1) is 18.9. The number of anilines is 2. The van der Waals surface area contributed by atoms with E-state index in [1.807, 2.05) is 0 Å². The molecule has 0 saturated heterocycles. The molecule has 1 aliphatic heterocycles. The minimum absolute atomic E-state index is 0.0131. The molecule has 1 aromatic carbocycles. The lowest BCUT2D eigenvalue weighted by atomic mass is 9.94. The number of tetrazole rings is 1. The van der Waals surface area contributed by atoms with E-state index in [2.05, 4.69) is 20.4 Å². The Bertz CT molecular complexity index is 1400. The van der Waals surface area contributed by atoms with Gasteiger partial charge in [-0.05, 0) is 74.6 Å². The van der Waals surface area contributed by atoms with Crippen LogP contribution in [-0.4, -0.2) is 43.4 Å². The molecular weight excluding hydrogens is 556 g/mol. The van der Waals surface area contributed by atoms with Crippen LogP contribution in [0.15, 0.2) is 30.5 Å². The molecule has 0 fully saturated rings. The largest absolute Gasteiger partial charge is 0.443 e. The highest BCUT2D eigenvalue weighted by Gasteiger charge is 2.39. The summed E-state index contributed by atoms with van der Waals surface area (Å²) in [6.45, 7) is 6.33. The Morgan fingerprint density at radius 2 is 1.80 bits per heavy atom. The summed E-state index contributed by atoms with van der Waals surface area (Å²) < 4.78 is 86.7. The van der Waals surface area contributed by atoms with Crippen LogP contribution < -0.4 is 9.80 Å². The number of aromatic nitrogens is 5. The Kier molecular flexibility index (Phi) is 7.93. The van der Waals surface area contributed by atoms with Crippen molar-refractivity contribution in [3.63, 3.8) is 0 Å². The first-order valence-corrected chi connectivity index (χ1v) is 12.7. The molecule has 3 heterocycles. The van der Waals surface area contributed by atoms with Crippen molar-refractivity contribution >= 4 is 17.7 Å². The number of pyridine rings is 1. The van der Waals surface area contributed by atoms with E-state index in [-0.39, 0.29) is 30.3 Å². The van der Waals surface area contributed by atoms with E-state index in [1.165, 1.54) is 35.8 Å². The summed E-state index contributed by atoms with van der Waals surface area (Å²) in [7, 11) is 1.53. The SMILES string of the molecule is Cc1cc2c(cc1C(F)(F)F)N(C(=O)OC(C)(C)C)CCCC2N(Cc1ccc(C(F)(F)F)nc1)c1nnn(C)n1. The van der Waals surface area contributed by atoms with Crippen molar-refractivity contribution in [1.82, 2.24) is 25.2 Å². The van der Waals surface area contributed by atoms with Crippen molar-refractivity contribution in [2.24, 2.45) is 7.05 Å². The van der Waals surface area contributed by atoms with Gasteiger partial charge in [-0.3, -0.25) is 9.88 Å². The van der Waals surface area contributed by atoms with Crippen LogP contribution in [0.2, 0.25) is 0 Å². The number of fused-ring (bicyclic) bond motifs is 1. The van der Waals surface area contributed by atoms with Crippen LogP contribution in [0.25, 0.3) is 0 Å². The van der Waals surface area contributed by atoms with E-state index < -0.39 is 41.3 Å². The molecule has 1 unspecified atom stereocenters. The maximum Gasteiger partial charge on any atom is 0.433 e. The number of hydrogen-bond donors (Lipinski definition) is 0. The van der Waals surface area contributed by atoms with Crippen LogP contribution in [0.4, 0.5) is 42.8 Å². The van der Waals surface area contributed by atoms with E-state index in [0.717, 1.165) is 18.3 Å². The fourth-order valence-electron chi connectivity index (χ4n) is 4.67. The molecule has 0 N–H and O–H groups in total. The third-order valence-electron chi connectivity index (χ3n) is 6.40. The first kappa shape index (κ1) is 30.1. The van der Waals surface area contributed by atoms with Gasteiger partial charge in [-0.2, -0.15) is 31.1 Å². The number of benzene rings is 1. The normalized spacial score (nSPS) is 16.3. The lowest BCUT2D eigenvalue weighted by Crippen LogP contribution is -2.37. The molecule has 2 aromatic heterocycles. The van der Waals surface area contributed by atoms with Gasteiger partial charge in [0, 0.05) is 19.3 Å². The summed E-state index contributed by atoms with van der Waals surface area (Å²) in [4.78, 5) is 20.7. The summed E-state index contributed by atoms with van der Waals surface area (Å²) in [5, 5.41) is 12.2. The highest BCUT2D eigenvalue weighted by Crippen LogP contribution is 2.44. The van der Waals surface area contributed by atoms with Gasteiger partial charge in [0.15, 0.2) is 0 Å². The topological polar surface area (TPSA) is 89.3 Å². The molecule has 0 bridgehead atoms. The quantitative estimate of drug-likeness (QED) is 0.335. The highest BCUT2D eigenvalue weighted by molar-refractivity contribution is 5.90. The number of alkyl halides is 6. The van der Waals surface area contributed by atoms with Crippen LogP contribution in [0.3, 0.4) is 0 Å². The molecule has 4 rings (SSSR count). The molecule has 41 heavy (non-hydrogen) atoms. The molecule has 0 spiro atoms. The average molecular weight is 586 g/mol. The Labute approximate surface area is 232 Å². The summed E-state index contributed by atoms with van der Waals surface area (Å²) in [5.41, 5.74) is -2.15. The third-order valence-corrected chi connectivity index (χ3v) is 6.40. The standard InChI is InChI=1S/C26H29F6N7O2/c1-15-11-17-19(7-6-10-38(23(40)41-24(2,3)4)20(17)12-18(15)25(27,28)29)39(22-34-36-37(5)35-22)14-16-8-9-21(33-13-16)26(30,31)32/h8-9,11-13,19H,6-7,10,14H2,1-5H3. The van der Waals surface area contributed by atoms with Crippen molar-refractivity contribution in [3.8, 4) is 0 Å². The van der Waals surface area contributed by atoms with Gasteiger partial charge >= 0.3 is 18.4 Å². The van der Waals surface area contributed by atoms with Crippen LogP contribution in [-0.2, 0) is 30.7 Å². The number of ether oxygens (including phenoxy) is 1. The Morgan fingerprint density at radius 3 is 2.34 bits per heavy atom. The van der Waals surface area contributed by atoms with Gasteiger partial charge in [-0.25, -0.2) is 4.79 Å². The van der Waals surface area contributed by atoms with Crippen LogP contribution in [0.5, 0.6) is 0 Å². The summed E-state index contributed by atoms with van der Waals surface area (Å²) in [5.74, 6) is 0.103. The zero-order valence-electron chi connectivity index (χ0n) is 23.0. The van der Waals surface area contributed by atoms with Crippen LogP contribution in [0, 0.1) is 6.92 Å². The number of hydrogen-bond acceptors (Lipinski definition) is 7. The van der Waals surface area contributed by atoms with Gasteiger partial charge < -0.3 is 9.64 Å². The zero-order valence-corrected chi connectivity index (χ0v) is 23.0. The predicted octanol–water partition coefficient (Wildman–Crippen LogP) is 6.23. The van der Waals surface area contributed by atoms with E-state index in [4.69, 9.17) is 4.74 Å². The molecule has 1 amide bonds. The zero-order chi connectivity index (χ0) is 30.3. The van der Waals surface area contributed by atoms with Crippen molar-refractivity contribution in [3.05, 3.63) is 58.4 Å². The first-order valence-electron chi connectivity index (χ1n) is 12.7. The second-order valence-corrected chi connectivity index (χ2v) is 10.8. The molecule has 0 radical (unpaired) electrons. The molecule has 9 nitrogen and oxygen atoms in total. The molecule has 0 saturated carbocycles. The summed E-state index contributed by atoms with van der Waals surface area (Å²) in [6.07, 6.45) is -8.31. The fourth-order valence-corrected chi connectivity index (χ4v) is 4.67. The van der Waals surface area contributed by atoms with E-state index in [9.17, 15) is 31.1 Å². The van der Waals surface area contributed by atoms with E-state index in [1.54, 1.807) is 25.7 Å². The fraction of sp³-hybridized carbons (Fsp3) is 0.500. The molecule has 0 aliphatic carbocycles. The van der Waals surface area contributed by atoms with Crippen LogP contribution in [0.1, 0.15) is 67.6 Å². The highest BCUT2D eigenvalue weighted by atomic mass is 19.4. The van der Waals surface area contributed by atoms with Gasteiger partial charge in [-0.1, -0.05) is 17.2 Å². The Morgan fingerprint density at radius 1 is 1.10 bits per heavy atom. The maximum absolute atomic E-state index is 14.0. The molecular formula is C26H29F6N7O2. The Balaban J connectivity index is 1.85. The minimum Gasteiger partial charge on any atom is -0.443 e. The maximum atomic E-state index is 14.0. The van der Waals surface area contributed by atoms with Crippen molar-refractivity contribution < 1.29 is 35.9 Å². The van der Waals surface area contributed by atoms with Gasteiger partial charge in [0.25, 0.3) is 5.95 Å². The van der Waals surface area contributed by atoms with Gasteiger partial charge in [0.1, 0.15) is 11.3 Å². The molecule has 3 aromatic rings. The van der Waals surface area contributed by atoms with Gasteiger partial charge in [0.05, 0.1) is 24.3 Å². The smallest absolute Gasteiger partial charge is 0.433 e. The number of aryl methyl sites for hydroxylation is 2. The van der Waals surface area contributed by atoms with Crippen molar-refractivity contribution in [1.29, 1.82) is 0 Å². The third kappa shape index (κ3) is 6.88. The summed E-state index contributed by atoms with van der Waals surface area (Å²) in [6, 6.07) is 3.75. The molecule has 1 atom stereocenters. The molecule has 1 aliphatic rings. The number of halogens is 6. The monoisotopic (exact) mass is 585 g/mol. The number of nitrogens with zero attached hydrogens (tertiary/aromatic N) is 7. The second-order valence-electron chi connectivity index (χ2n) is 10.8. The minimum atomic E-state index is -4.68. The lowest BCUT2D eigenvalue weighted by molar-refractivity contribution is -0.141. The Hall–Kier alpha value is -3.91. The van der Waals surface area contributed by atoms with Gasteiger partial charge in [-0.15, -0.1) is 5.10 Å². The number of rotatable bonds is 4. The van der Waals surface area contributed by atoms with E-state index in [0.29, 0.717) is 24.0 Å². The van der Waals surface area contributed by atoms with Gasteiger partial charge in [0.2, 0.25) is 0 Å². The number of carbonyl (C=O) groups excluding carboxylic acids is 1. The summed E-state index contributed by atoms with van der Waals surface area (Å²) >= 11 is 0. The van der Waals surface area contributed by atoms with E-state index >= 15 is 0 Å². The average Bonchev–Trinajstić information content (AvgIpc) is 3.18. The molecule has 222 valence electrons. The predicted molar refractivity (Wildman–Crippen MR) is 136 cm³/mol.